The van der Waals surface area contributed by atoms with Gasteiger partial charge in [0.2, 0.25) is 0 Å². The molecule has 9 heteroatoms. The molecule has 0 saturated carbocycles. The third-order valence-corrected chi connectivity index (χ3v) is 7.30. The molecule has 0 radical (unpaired) electrons. The van der Waals surface area contributed by atoms with Crippen LogP contribution in [0.3, 0.4) is 0 Å². The number of ether oxygens (including phenoxy) is 2. The van der Waals surface area contributed by atoms with Crippen LogP contribution < -0.4 is 15.4 Å². The molecule has 0 aliphatic carbocycles. The van der Waals surface area contributed by atoms with E-state index in [4.69, 9.17) is 9.47 Å². The van der Waals surface area contributed by atoms with E-state index in [1.807, 2.05) is 6.07 Å². The Hall–Kier alpha value is -3.72. The predicted octanol–water partition coefficient (Wildman–Crippen LogP) is 2.78. The topological polar surface area (TPSA) is 114 Å². The first-order valence-corrected chi connectivity index (χ1v) is 12.2. The molecule has 2 N–H and O–H groups in total. The molecule has 0 aromatic heterocycles. The number of nitrogens with zero attached hydrogens (tertiary/aromatic N) is 1. The molecule has 2 aromatic rings. The van der Waals surface area contributed by atoms with Crippen molar-refractivity contribution in [1.29, 1.82) is 0 Å². The van der Waals surface area contributed by atoms with Crippen LogP contribution in [0.5, 0.6) is 5.75 Å². The molecule has 188 valence electrons. The molecular formula is C27H29N3O6. The first kappa shape index (κ1) is 24.0. The van der Waals surface area contributed by atoms with Crippen molar-refractivity contribution in [3.05, 3.63) is 64.7 Å². The van der Waals surface area contributed by atoms with Gasteiger partial charge < -0.3 is 19.7 Å². The molecular weight excluding hydrogens is 462 g/mol. The molecule has 9 nitrogen and oxygen atoms in total. The summed E-state index contributed by atoms with van der Waals surface area (Å²) in [5, 5.41) is 5.05. The van der Waals surface area contributed by atoms with Crippen LogP contribution in [0.4, 0.5) is 4.79 Å². The second-order valence-corrected chi connectivity index (χ2v) is 9.53. The Bertz CT molecular complexity index is 1200. The highest BCUT2D eigenvalue weighted by Gasteiger charge is 2.50. The number of benzene rings is 2. The lowest BCUT2D eigenvalue weighted by Gasteiger charge is -2.31. The van der Waals surface area contributed by atoms with Crippen molar-refractivity contribution < 1.29 is 28.7 Å². The Morgan fingerprint density at radius 2 is 1.89 bits per heavy atom. The van der Waals surface area contributed by atoms with Gasteiger partial charge in [0, 0.05) is 36.8 Å². The molecule has 36 heavy (non-hydrogen) atoms. The van der Waals surface area contributed by atoms with Gasteiger partial charge in [-0.15, -0.1) is 0 Å². The van der Waals surface area contributed by atoms with E-state index in [1.165, 1.54) is 7.11 Å². The van der Waals surface area contributed by atoms with E-state index >= 15 is 0 Å². The van der Waals surface area contributed by atoms with Crippen LogP contribution in [-0.4, -0.2) is 55.4 Å². The smallest absolute Gasteiger partial charge is 0.322 e. The van der Waals surface area contributed by atoms with E-state index in [-0.39, 0.29) is 24.2 Å². The minimum Gasteiger partial charge on any atom is -0.497 e. The number of carbonyl (C=O) groups excluding carboxylic acids is 4. The Kier molecular flexibility index (Phi) is 6.49. The van der Waals surface area contributed by atoms with E-state index < -0.39 is 17.5 Å². The standard InChI is InChI=1S/C27H29N3O6/c1-35-21-10-7-19-15-30(24(32)22(19)14-21)16-27(25(33)28-26(34)29-27)20-8-5-18(6-9-20)23(31)17-4-2-3-12-36-13-11-17/h5-10,14,17H,2-4,11-13,15-16H2,1H3,(H2,28,29,33,34). The fraction of sp³-hybridized carbons (Fsp3) is 0.407. The number of hydrogen-bond donors (Lipinski definition) is 2. The van der Waals surface area contributed by atoms with Crippen molar-refractivity contribution in [2.24, 2.45) is 5.92 Å². The van der Waals surface area contributed by atoms with Gasteiger partial charge in [-0.1, -0.05) is 36.8 Å². The summed E-state index contributed by atoms with van der Waals surface area (Å²) in [5.41, 5.74) is 0.933. The van der Waals surface area contributed by atoms with Crippen LogP contribution in [0.1, 0.15) is 57.5 Å². The fourth-order valence-electron chi connectivity index (χ4n) is 5.26. The van der Waals surface area contributed by atoms with Gasteiger partial charge in [0.1, 0.15) is 5.75 Å². The molecule has 3 heterocycles. The summed E-state index contributed by atoms with van der Waals surface area (Å²) in [5.74, 6) is -0.250. The highest BCUT2D eigenvalue weighted by molar-refractivity contribution is 6.08. The summed E-state index contributed by atoms with van der Waals surface area (Å²) in [6.07, 6.45) is 3.41. The zero-order valence-electron chi connectivity index (χ0n) is 20.2. The molecule has 0 spiro atoms. The first-order valence-electron chi connectivity index (χ1n) is 12.2. The summed E-state index contributed by atoms with van der Waals surface area (Å²) in [7, 11) is 1.53. The summed E-state index contributed by atoms with van der Waals surface area (Å²) in [6.45, 7) is 1.57. The number of fused-ring (bicyclic) bond motifs is 1. The van der Waals surface area contributed by atoms with Crippen molar-refractivity contribution in [2.45, 2.75) is 37.8 Å². The maximum absolute atomic E-state index is 13.2. The minimum absolute atomic E-state index is 0.0480. The number of hydrogen-bond acceptors (Lipinski definition) is 6. The molecule has 3 aliphatic rings. The van der Waals surface area contributed by atoms with Crippen LogP contribution in [0.15, 0.2) is 42.5 Å². The monoisotopic (exact) mass is 491 g/mol. The largest absolute Gasteiger partial charge is 0.497 e. The SMILES string of the molecule is COc1ccc2c(c1)C(=O)N(CC1(c3ccc(C(=O)C4CCCCOCC4)cc3)NC(=O)NC1=O)C2. The number of methoxy groups -OCH3 is 1. The van der Waals surface area contributed by atoms with Crippen molar-refractivity contribution in [2.75, 3.05) is 26.9 Å². The van der Waals surface area contributed by atoms with Crippen molar-refractivity contribution in [1.82, 2.24) is 15.5 Å². The number of imide groups is 1. The van der Waals surface area contributed by atoms with Gasteiger partial charge in [-0.3, -0.25) is 19.7 Å². The highest BCUT2D eigenvalue weighted by Crippen LogP contribution is 2.33. The summed E-state index contributed by atoms with van der Waals surface area (Å²) < 4.78 is 10.8. The highest BCUT2D eigenvalue weighted by atomic mass is 16.5. The number of carbonyl (C=O) groups is 4. The van der Waals surface area contributed by atoms with Crippen molar-refractivity contribution in [3.63, 3.8) is 0 Å². The Balaban J connectivity index is 1.39. The number of amides is 4. The maximum atomic E-state index is 13.2. The molecule has 2 fully saturated rings. The third kappa shape index (κ3) is 4.35. The summed E-state index contributed by atoms with van der Waals surface area (Å²) >= 11 is 0. The lowest BCUT2D eigenvalue weighted by molar-refractivity contribution is -0.124. The van der Waals surface area contributed by atoms with Crippen LogP contribution in [-0.2, 0) is 21.6 Å². The fourth-order valence-corrected chi connectivity index (χ4v) is 5.26. The van der Waals surface area contributed by atoms with Gasteiger partial charge in [0.15, 0.2) is 11.3 Å². The van der Waals surface area contributed by atoms with E-state index in [1.54, 1.807) is 41.3 Å². The van der Waals surface area contributed by atoms with Crippen molar-refractivity contribution in [3.8, 4) is 5.75 Å². The Morgan fingerprint density at radius 3 is 2.61 bits per heavy atom. The number of nitrogens with one attached hydrogen (secondary N) is 2. The molecule has 0 bridgehead atoms. The lowest BCUT2D eigenvalue weighted by Crippen LogP contribution is -2.52. The molecule has 5 rings (SSSR count). The third-order valence-electron chi connectivity index (χ3n) is 7.30. The van der Waals surface area contributed by atoms with Crippen LogP contribution >= 0.6 is 0 Å². The zero-order valence-corrected chi connectivity index (χ0v) is 20.2. The average molecular weight is 492 g/mol. The minimum atomic E-state index is -1.46. The van der Waals surface area contributed by atoms with Crippen molar-refractivity contribution >= 4 is 23.6 Å². The Morgan fingerprint density at radius 1 is 1.08 bits per heavy atom. The second-order valence-electron chi connectivity index (χ2n) is 9.53. The number of Topliss-reactive ketones (excluding diaryl/α,β-unsaturated/α-hetero) is 1. The van der Waals surface area contributed by atoms with Gasteiger partial charge in [-0.2, -0.15) is 0 Å². The summed E-state index contributed by atoms with van der Waals surface area (Å²) in [6, 6.07) is 11.4. The predicted molar refractivity (Wildman–Crippen MR) is 130 cm³/mol. The van der Waals surface area contributed by atoms with Crippen LogP contribution in [0.25, 0.3) is 0 Å². The zero-order chi connectivity index (χ0) is 25.3. The van der Waals surface area contributed by atoms with Crippen LogP contribution in [0.2, 0.25) is 0 Å². The maximum Gasteiger partial charge on any atom is 0.322 e. The van der Waals surface area contributed by atoms with Gasteiger partial charge in [0.25, 0.3) is 11.8 Å². The van der Waals surface area contributed by atoms with E-state index in [9.17, 15) is 19.2 Å². The Labute approximate surface area is 209 Å². The molecule has 4 amide bonds. The number of urea groups is 1. The summed E-state index contributed by atoms with van der Waals surface area (Å²) in [4.78, 5) is 53.1. The quantitative estimate of drug-likeness (QED) is 0.475. The number of rotatable bonds is 6. The molecule has 2 saturated heterocycles. The molecule has 2 unspecified atom stereocenters. The average Bonchev–Trinajstić information content (AvgIpc) is 3.33. The van der Waals surface area contributed by atoms with E-state index in [2.05, 4.69) is 10.6 Å². The molecule has 2 aromatic carbocycles. The van der Waals surface area contributed by atoms with Gasteiger partial charge in [-0.25, -0.2) is 4.79 Å². The van der Waals surface area contributed by atoms with Crippen LogP contribution in [0, 0.1) is 5.92 Å². The van der Waals surface area contributed by atoms with E-state index in [0.717, 1.165) is 31.4 Å². The van der Waals surface area contributed by atoms with E-state index in [0.29, 0.717) is 42.0 Å². The first-order chi connectivity index (χ1) is 17.4. The number of ketones is 1. The van der Waals surface area contributed by atoms with Gasteiger partial charge in [-0.05, 0) is 42.5 Å². The van der Waals surface area contributed by atoms with Gasteiger partial charge in [0.05, 0.1) is 13.7 Å². The lowest BCUT2D eigenvalue weighted by atomic mass is 9.86. The second kappa shape index (κ2) is 9.73. The van der Waals surface area contributed by atoms with Gasteiger partial charge >= 0.3 is 6.03 Å². The normalized spacial score (nSPS) is 24.0. The molecule has 2 atom stereocenters. The molecule has 3 aliphatic heterocycles.